The highest BCUT2D eigenvalue weighted by molar-refractivity contribution is 7.92. The molecule has 0 radical (unpaired) electrons. The summed E-state index contributed by atoms with van der Waals surface area (Å²) in [5, 5.41) is 3.05. The van der Waals surface area contributed by atoms with E-state index < -0.39 is 10.0 Å². The molecule has 1 amide bonds. The Hall–Kier alpha value is -2.54. The number of nitrogens with zero attached hydrogens (tertiary/aromatic N) is 1. The lowest BCUT2D eigenvalue weighted by Crippen LogP contribution is -2.33. The molecule has 1 N–H and O–H groups in total. The number of hydrogen-bond donors (Lipinski definition) is 1. The van der Waals surface area contributed by atoms with E-state index in [1.165, 1.54) is 16.1 Å². The Labute approximate surface area is 180 Å². The number of benzene rings is 2. The number of hydrogen-bond acceptors (Lipinski definition) is 4. The topological polar surface area (TPSA) is 75.7 Å². The van der Waals surface area contributed by atoms with Gasteiger partial charge < -0.3 is 10.1 Å². The number of rotatable bonds is 11. The van der Waals surface area contributed by atoms with Crippen molar-refractivity contribution in [2.24, 2.45) is 0 Å². The number of carbonyl (C=O) groups is 1. The number of nitrogens with one attached hydrogen (secondary N) is 1. The van der Waals surface area contributed by atoms with Crippen molar-refractivity contribution >= 4 is 21.6 Å². The summed E-state index contributed by atoms with van der Waals surface area (Å²) in [6.45, 7) is 6.55. The van der Waals surface area contributed by atoms with Crippen LogP contribution < -0.4 is 14.4 Å². The quantitative estimate of drug-likeness (QED) is 0.577. The fourth-order valence-electron chi connectivity index (χ4n) is 3.28. The third-order valence-electron chi connectivity index (χ3n) is 4.82. The van der Waals surface area contributed by atoms with Crippen LogP contribution in [0.25, 0.3) is 0 Å². The summed E-state index contributed by atoms with van der Waals surface area (Å²) < 4.78 is 31.6. The van der Waals surface area contributed by atoms with Crippen molar-refractivity contribution in [3.05, 3.63) is 59.7 Å². The lowest BCUT2D eigenvalue weighted by atomic mass is 10.0. The van der Waals surface area contributed by atoms with Gasteiger partial charge in [-0.05, 0) is 44.4 Å². The summed E-state index contributed by atoms with van der Waals surface area (Å²) in [5.41, 5.74) is 2.74. The molecule has 0 fully saturated rings. The summed E-state index contributed by atoms with van der Waals surface area (Å²) in [4.78, 5) is 12.5. The van der Waals surface area contributed by atoms with Gasteiger partial charge in [-0.1, -0.05) is 48.9 Å². The van der Waals surface area contributed by atoms with Crippen LogP contribution in [0, 0.1) is 6.92 Å². The van der Waals surface area contributed by atoms with Crippen LogP contribution in [0.3, 0.4) is 0 Å². The number of anilines is 1. The zero-order valence-corrected chi connectivity index (χ0v) is 19.0. The lowest BCUT2D eigenvalue weighted by Gasteiger charge is -2.24. The Balaban J connectivity index is 2.01. The molecule has 2 aromatic rings. The van der Waals surface area contributed by atoms with E-state index in [0.29, 0.717) is 24.5 Å². The first kappa shape index (κ1) is 23.7. The number of aryl methyl sites for hydroxylation is 1. The Morgan fingerprint density at radius 1 is 1.10 bits per heavy atom. The van der Waals surface area contributed by atoms with E-state index in [1.807, 2.05) is 45.0 Å². The zero-order chi connectivity index (χ0) is 22.1. The Kier molecular flexibility index (Phi) is 8.72. The van der Waals surface area contributed by atoms with Crippen molar-refractivity contribution < 1.29 is 17.9 Å². The van der Waals surface area contributed by atoms with Crippen molar-refractivity contribution in [3.63, 3.8) is 0 Å². The molecule has 0 saturated carbocycles. The van der Waals surface area contributed by atoms with Crippen LogP contribution in [0.4, 0.5) is 5.69 Å². The molecule has 1 atom stereocenters. The van der Waals surface area contributed by atoms with Gasteiger partial charge in [-0.2, -0.15) is 0 Å². The summed E-state index contributed by atoms with van der Waals surface area (Å²) >= 11 is 0. The van der Waals surface area contributed by atoms with Crippen LogP contribution in [0.5, 0.6) is 5.75 Å². The van der Waals surface area contributed by atoms with Crippen molar-refractivity contribution in [2.75, 3.05) is 23.7 Å². The van der Waals surface area contributed by atoms with Crippen molar-refractivity contribution in [2.45, 2.75) is 46.1 Å². The van der Waals surface area contributed by atoms with Crippen LogP contribution in [0.15, 0.2) is 48.5 Å². The van der Waals surface area contributed by atoms with Crippen molar-refractivity contribution in [1.82, 2.24) is 5.32 Å². The predicted octanol–water partition coefficient (Wildman–Crippen LogP) is 4.21. The van der Waals surface area contributed by atoms with Gasteiger partial charge in [-0.15, -0.1) is 0 Å². The number of sulfonamides is 1. The molecule has 0 aliphatic carbocycles. The molecule has 30 heavy (non-hydrogen) atoms. The van der Waals surface area contributed by atoms with E-state index in [0.717, 1.165) is 12.0 Å². The van der Waals surface area contributed by atoms with Crippen molar-refractivity contribution in [1.29, 1.82) is 0 Å². The molecule has 7 heteroatoms. The van der Waals surface area contributed by atoms with E-state index in [2.05, 4.69) is 5.32 Å². The zero-order valence-electron chi connectivity index (χ0n) is 18.2. The molecule has 6 nitrogen and oxygen atoms in total. The molecule has 0 unspecified atom stereocenters. The summed E-state index contributed by atoms with van der Waals surface area (Å²) in [5.74, 6) is 0.425. The maximum Gasteiger partial charge on any atom is 0.232 e. The van der Waals surface area contributed by atoms with Gasteiger partial charge in [-0.25, -0.2) is 8.42 Å². The maximum atomic E-state index is 12.5. The lowest BCUT2D eigenvalue weighted by molar-refractivity contribution is -0.121. The van der Waals surface area contributed by atoms with Gasteiger partial charge in [-0.3, -0.25) is 9.10 Å². The smallest absolute Gasteiger partial charge is 0.232 e. The highest BCUT2D eigenvalue weighted by atomic mass is 32.2. The maximum absolute atomic E-state index is 12.5. The first-order valence-electron chi connectivity index (χ1n) is 10.3. The highest BCUT2D eigenvalue weighted by Gasteiger charge is 2.21. The standard InChI is InChI=1S/C23H32N2O4S/c1-5-20(19-15-13-18(3)14-16-19)24-23(26)12-9-17-25(30(4,27)28)21-10-7-8-11-22(21)29-6-2/h7-8,10-11,13-16,20H,5-6,9,12,17H2,1-4H3,(H,24,26)/t20-/m0/s1. The molecular weight excluding hydrogens is 400 g/mol. The Morgan fingerprint density at radius 3 is 2.37 bits per heavy atom. The molecule has 2 rings (SSSR count). The summed E-state index contributed by atoms with van der Waals surface area (Å²) in [6, 6.07) is 15.1. The van der Waals surface area contributed by atoms with Crippen LogP contribution >= 0.6 is 0 Å². The molecule has 2 aromatic carbocycles. The van der Waals surface area contributed by atoms with Gasteiger partial charge in [0, 0.05) is 13.0 Å². The fourth-order valence-corrected chi connectivity index (χ4v) is 4.24. The Morgan fingerprint density at radius 2 is 1.77 bits per heavy atom. The molecule has 0 bridgehead atoms. The monoisotopic (exact) mass is 432 g/mol. The van der Waals surface area contributed by atoms with Gasteiger partial charge in [0.25, 0.3) is 0 Å². The van der Waals surface area contributed by atoms with Gasteiger partial charge in [0.2, 0.25) is 15.9 Å². The highest BCUT2D eigenvalue weighted by Crippen LogP contribution is 2.30. The van der Waals surface area contributed by atoms with Gasteiger partial charge in [0.05, 0.1) is 24.6 Å². The molecule has 164 valence electrons. The largest absolute Gasteiger partial charge is 0.492 e. The van der Waals surface area contributed by atoms with Gasteiger partial charge in [0.1, 0.15) is 5.75 Å². The van der Waals surface area contributed by atoms with Crippen molar-refractivity contribution in [3.8, 4) is 5.75 Å². The second-order valence-corrected chi connectivity index (χ2v) is 9.19. The van der Waals surface area contributed by atoms with Crippen LogP contribution in [0.2, 0.25) is 0 Å². The number of ether oxygens (including phenoxy) is 1. The van der Waals surface area contributed by atoms with Crippen LogP contribution in [-0.2, 0) is 14.8 Å². The molecular formula is C23H32N2O4S. The number of amides is 1. The first-order valence-corrected chi connectivity index (χ1v) is 12.2. The van der Waals surface area contributed by atoms with Gasteiger partial charge in [0.15, 0.2) is 0 Å². The number of carbonyl (C=O) groups excluding carboxylic acids is 1. The third-order valence-corrected chi connectivity index (χ3v) is 6.00. The summed E-state index contributed by atoms with van der Waals surface area (Å²) in [6.07, 6.45) is 2.60. The normalized spacial score (nSPS) is 12.3. The van der Waals surface area contributed by atoms with Gasteiger partial charge >= 0.3 is 0 Å². The molecule has 0 aliphatic rings. The SMILES string of the molecule is CCOc1ccccc1N(CCCC(=O)N[C@@H](CC)c1ccc(C)cc1)S(C)(=O)=O. The minimum Gasteiger partial charge on any atom is -0.492 e. The second-order valence-electron chi connectivity index (χ2n) is 7.28. The minimum absolute atomic E-state index is 0.0530. The second kappa shape index (κ2) is 11.0. The number of para-hydroxylation sites is 2. The average Bonchev–Trinajstić information content (AvgIpc) is 2.70. The predicted molar refractivity (Wildman–Crippen MR) is 121 cm³/mol. The molecule has 0 aromatic heterocycles. The third kappa shape index (κ3) is 6.76. The molecule has 0 aliphatic heterocycles. The average molecular weight is 433 g/mol. The van der Waals surface area contributed by atoms with Crippen LogP contribution in [0.1, 0.15) is 50.3 Å². The van der Waals surface area contributed by atoms with E-state index >= 15 is 0 Å². The van der Waals surface area contributed by atoms with E-state index in [1.54, 1.807) is 24.3 Å². The molecule has 0 spiro atoms. The molecule has 0 saturated heterocycles. The Bertz CT molecular complexity index is 926. The molecule has 0 heterocycles. The van der Waals surface area contributed by atoms with Crippen LogP contribution in [-0.4, -0.2) is 33.7 Å². The van der Waals surface area contributed by atoms with E-state index in [-0.39, 0.29) is 24.9 Å². The van der Waals surface area contributed by atoms with E-state index in [4.69, 9.17) is 4.74 Å². The fraction of sp³-hybridized carbons (Fsp3) is 0.435. The summed E-state index contributed by atoms with van der Waals surface area (Å²) in [7, 11) is -3.51. The van der Waals surface area contributed by atoms with E-state index in [9.17, 15) is 13.2 Å². The minimum atomic E-state index is -3.51. The first-order chi connectivity index (χ1) is 14.3.